The Bertz CT molecular complexity index is 2450. The van der Waals surface area contributed by atoms with Crippen LogP contribution in [0.3, 0.4) is 0 Å². The molecule has 0 unspecified atom stereocenters. The smallest absolute Gasteiger partial charge is 0.164 e. The van der Waals surface area contributed by atoms with Crippen molar-refractivity contribution in [2.75, 3.05) is 0 Å². The third kappa shape index (κ3) is 4.95. The van der Waals surface area contributed by atoms with Crippen molar-refractivity contribution in [3.05, 3.63) is 164 Å². The second-order valence-electron chi connectivity index (χ2n) is 11.7. The summed E-state index contributed by atoms with van der Waals surface area (Å²) in [6.07, 6.45) is 3.73. The SMILES string of the molecule is c1ccc2c(-c3nc(-c4ccc(-c5nccc6ccccc56)cc4)nc(-c4ccc(-c5nccc6ccccc56)cc4)n3)cccc2c1. The van der Waals surface area contributed by atoms with E-state index in [1.54, 1.807) is 0 Å². The molecule has 0 saturated carbocycles. The predicted molar refractivity (Wildman–Crippen MR) is 195 cm³/mol. The monoisotopic (exact) mass is 613 g/mol. The summed E-state index contributed by atoms with van der Waals surface area (Å²) in [6, 6.07) is 52.0. The molecule has 0 N–H and O–H groups in total. The molecule has 5 nitrogen and oxygen atoms in total. The minimum Gasteiger partial charge on any atom is -0.256 e. The second-order valence-corrected chi connectivity index (χ2v) is 11.7. The van der Waals surface area contributed by atoms with Gasteiger partial charge in [0.15, 0.2) is 17.5 Å². The summed E-state index contributed by atoms with van der Waals surface area (Å²) in [4.78, 5) is 24.6. The molecule has 5 heteroatoms. The summed E-state index contributed by atoms with van der Waals surface area (Å²) >= 11 is 0. The van der Waals surface area contributed by atoms with Crippen LogP contribution in [0, 0.1) is 0 Å². The van der Waals surface area contributed by atoms with E-state index in [9.17, 15) is 0 Å². The molecule has 3 aromatic heterocycles. The largest absolute Gasteiger partial charge is 0.256 e. The third-order valence-electron chi connectivity index (χ3n) is 8.85. The van der Waals surface area contributed by atoms with E-state index in [1.807, 2.05) is 36.7 Å². The number of fused-ring (bicyclic) bond motifs is 3. The second kappa shape index (κ2) is 11.6. The van der Waals surface area contributed by atoms with E-state index in [-0.39, 0.29) is 0 Å². The number of benzene rings is 6. The predicted octanol–water partition coefficient (Wildman–Crippen LogP) is 10.5. The molecule has 0 amide bonds. The van der Waals surface area contributed by atoms with E-state index in [2.05, 4.69) is 127 Å². The van der Waals surface area contributed by atoms with Gasteiger partial charge in [0.1, 0.15) is 0 Å². The van der Waals surface area contributed by atoms with Crippen LogP contribution in [0.1, 0.15) is 0 Å². The maximum absolute atomic E-state index is 5.05. The molecule has 9 aromatic rings. The Morgan fingerprint density at radius 1 is 0.292 bits per heavy atom. The molecule has 3 heterocycles. The van der Waals surface area contributed by atoms with E-state index in [4.69, 9.17) is 24.9 Å². The van der Waals surface area contributed by atoms with Crippen molar-refractivity contribution in [3.63, 3.8) is 0 Å². The van der Waals surface area contributed by atoms with E-state index < -0.39 is 0 Å². The van der Waals surface area contributed by atoms with Gasteiger partial charge in [-0.15, -0.1) is 0 Å². The Labute approximate surface area is 277 Å². The van der Waals surface area contributed by atoms with Crippen LogP contribution in [0.4, 0.5) is 0 Å². The Balaban J connectivity index is 1.16. The summed E-state index contributed by atoms with van der Waals surface area (Å²) in [5.41, 5.74) is 6.75. The molecule has 0 spiro atoms. The van der Waals surface area contributed by atoms with Crippen molar-refractivity contribution in [1.29, 1.82) is 0 Å². The zero-order valence-corrected chi connectivity index (χ0v) is 25.8. The highest BCUT2D eigenvalue weighted by molar-refractivity contribution is 5.97. The van der Waals surface area contributed by atoms with E-state index in [0.717, 1.165) is 71.5 Å². The average Bonchev–Trinajstić information content (AvgIpc) is 3.17. The van der Waals surface area contributed by atoms with Crippen LogP contribution in [0.2, 0.25) is 0 Å². The van der Waals surface area contributed by atoms with Crippen molar-refractivity contribution in [3.8, 4) is 56.7 Å². The van der Waals surface area contributed by atoms with E-state index in [1.165, 1.54) is 0 Å². The molecule has 0 radical (unpaired) electrons. The van der Waals surface area contributed by atoms with Crippen LogP contribution >= 0.6 is 0 Å². The highest BCUT2D eigenvalue weighted by Gasteiger charge is 2.15. The first kappa shape index (κ1) is 27.7. The molecular weight excluding hydrogens is 587 g/mol. The van der Waals surface area contributed by atoms with Gasteiger partial charge in [-0.2, -0.15) is 0 Å². The van der Waals surface area contributed by atoms with Gasteiger partial charge in [-0.3, -0.25) is 9.97 Å². The molecule has 0 aliphatic rings. The van der Waals surface area contributed by atoms with Gasteiger partial charge in [-0.05, 0) is 33.7 Å². The van der Waals surface area contributed by atoms with Crippen LogP contribution in [0.5, 0.6) is 0 Å². The first-order chi connectivity index (χ1) is 23.8. The molecule has 48 heavy (non-hydrogen) atoms. The summed E-state index contributed by atoms with van der Waals surface area (Å²) in [5.74, 6) is 1.85. The molecule has 0 bridgehead atoms. The van der Waals surface area contributed by atoms with E-state index in [0.29, 0.717) is 17.5 Å². The van der Waals surface area contributed by atoms with Gasteiger partial charge < -0.3 is 0 Å². The molecule has 0 saturated heterocycles. The molecule has 9 rings (SSSR count). The number of nitrogens with zero attached hydrogens (tertiary/aromatic N) is 5. The van der Waals surface area contributed by atoms with Crippen molar-refractivity contribution in [2.24, 2.45) is 0 Å². The van der Waals surface area contributed by atoms with Crippen LogP contribution in [0.15, 0.2) is 164 Å². The molecule has 6 aromatic carbocycles. The first-order valence-electron chi connectivity index (χ1n) is 15.9. The number of pyridine rings is 2. The summed E-state index contributed by atoms with van der Waals surface area (Å²) < 4.78 is 0. The van der Waals surface area contributed by atoms with Gasteiger partial charge in [-0.25, -0.2) is 15.0 Å². The van der Waals surface area contributed by atoms with E-state index >= 15 is 0 Å². The quantitative estimate of drug-likeness (QED) is 0.193. The van der Waals surface area contributed by atoms with Gasteiger partial charge in [0.05, 0.1) is 11.4 Å². The standard InChI is InChI=1S/C43H27N5/c1-4-12-35-28(8-1)11-7-15-38(35)43-47-41(33-20-16-31(17-21-33)39-36-13-5-2-9-29(36)24-26-44-39)46-42(48-43)34-22-18-32(19-23-34)40-37-14-6-3-10-30(37)25-27-45-40/h1-27H. The van der Waals surface area contributed by atoms with Crippen LogP contribution in [0.25, 0.3) is 89.0 Å². The molecule has 0 atom stereocenters. The lowest BCUT2D eigenvalue weighted by molar-refractivity contribution is 1.08. The average molecular weight is 614 g/mol. The Morgan fingerprint density at radius 3 is 1.21 bits per heavy atom. The molecule has 0 aliphatic heterocycles. The summed E-state index contributed by atoms with van der Waals surface area (Å²) in [5, 5.41) is 6.80. The highest BCUT2D eigenvalue weighted by atomic mass is 15.0. The maximum atomic E-state index is 5.05. The zero-order chi connectivity index (χ0) is 31.9. The van der Waals surface area contributed by atoms with Crippen molar-refractivity contribution in [2.45, 2.75) is 0 Å². The number of rotatable bonds is 5. The molecule has 0 fully saturated rings. The minimum atomic E-state index is 0.611. The summed E-state index contributed by atoms with van der Waals surface area (Å²) in [6.45, 7) is 0. The zero-order valence-electron chi connectivity index (χ0n) is 25.8. The Kier molecular flexibility index (Phi) is 6.72. The number of aromatic nitrogens is 5. The highest BCUT2D eigenvalue weighted by Crippen LogP contribution is 2.33. The van der Waals surface area contributed by atoms with Crippen LogP contribution in [-0.2, 0) is 0 Å². The van der Waals surface area contributed by atoms with Gasteiger partial charge in [0.2, 0.25) is 0 Å². The van der Waals surface area contributed by atoms with Crippen molar-refractivity contribution < 1.29 is 0 Å². The molecule has 224 valence electrons. The Hall–Kier alpha value is -6.59. The maximum Gasteiger partial charge on any atom is 0.164 e. The van der Waals surface area contributed by atoms with Crippen LogP contribution in [-0.4, -0.2) is 24.9 Å². The lowest BCUT2D eigenvalue weighted by Gasteiger charge is -2.11. The molecule has 0 aliphatic carbocycles. The number of hydrogen-bond acceptors (Lipinski definition) is 5. The van der Waals surface area contributed by atoms with Crippen LogP contribution < -0.4 is 0 Å². The molecular formula is C43H27N5. The Morgan fingerprint density at radius 2 is 0.688 bits per heavy atom. The lowest BCUT2D eigenvalue weighted by atomic mass is 10.0. The summed E-state index contributed by atoms with van der Waals surface area (Å²) in [7, 11) is 0. The third-order valence-corrected chi connectivity index (χ3v) is 8.85. The lowest BCUT2D eigenvalue weighted by Crippen LogP contribution is -2.00. The first-order valence-corrected chi connectivity index (χ1v) is 15.9. The van der Waals surface area contributed by atoms with Gasteiger partial charge in [0.25, 0.3) is 0 Å². The van der Waals surface area contributed by atoms with Gasteiger partial charge in [-0.1, -0.05) is 140 Å². The minimum absolute atomic E-state index is 0.611. The fourth-order valence-electron chi connectivity index (χ4n) is 6.43. The van der Waals surface area contributed by atoms with Gasteiger partial charge in [0, 0.05) is 51.0 Å². The number of hydrogen-bond donors (Lipinski definition) is 0. The van der Waals surface area contributed by atoms with Gasteiger partial charge >= 0.3 is 0 Å². The fourth-order valence-corrected chi connectivity index (χ4v) is 6.43. The topological polar surface area (TPSA) is 64.5 Å². The van der Waals surface area contributed by atoms with Crippen molar-refractivity contribution in [1.82, 2.24) is 24.9 Å². The van der Waals surface area contributed by atoms with Crippen molar-refractivity contribution >= 4 is 32.3 Å². The normalized spacial score (nSPS) is 11.3. The fraction of sp³-hybridized carbons (Fsp3) is 0.